The Morgan fingerprint density at radius 3 is 2.88 bits per heavy atom. The van der Waals surface area contributed by atoms with Gasteiger partial charge in [0.15, 0.2) is 0 Å². The number of amides is 1. The topological polar surface area (TPSA) is 59.6 Å². The van der Waals surface area contributed by atoms with Crippen LogP contribution in [-0.2, 0) is 9.47 Å². The second-order valence-corrected chi connectivity index (χ2v) is 4.86. The summed E-state index contributed by atoms with van der Waals surface area (Å²) in [6.45, 7) is 4.32. The molecule has 98 valence electrons. The van der Waals surface area contributed by atoms with Crippen molar-refractivity contribution < 1.29 is 14.3 Å². The molecule has 5 heteroatoms. The minimum atomic E-state index is -0.307. The zero-order valence-electron chi connectivity index (χ0n) is 10.4. The van der Waals surface area contributed by atoms with Crippen molar-refractivity contribution in [2.75, 3.05) is 19.7 Å². The monoisotopic (exact) mass is 242 g/mol. The molecular formula is C12H22N2O3. The molecule has 1 aliphatic carbocycles. The van der Waals surface area contributed by atoms with Gasteiger partial charge in [0, 0.05) is 13.1 Å². The fraction of sp³-hybridized carbons (Fsp3) is 0.917. The lowest BCUT2D eigenvalue weighted by molar-refractivity contribution is 0.00591. The van der Waals surface area contributed by atoms with E-state index in [2.05, 4.69) is 10.6 Å². The Morgan fingerprint density at radius 1 is 1.47 bits per heavy atom. The summed E-state index contributed by atoms with van der Waals surface area (Å²) < 4.78 is 10.9. The van der Waals surface area contributed by atoms with Crippen molar-refractivity contribution in [1.29, 1.82) is 0 Å². The summed E-state index contributed by atoms with van der Waals surface area (Å²) in [7, 11) is 0. The second kappa shape index (κ2) is 6.21. The van der Waals surface area contributed by atoms with E-state index in [4.69, 9.17) is 9.47 Å². The zero-order valence-corrected chi connectivity index (χ0v) is 10.4. The number of ether oxygens (including phenoxy) is 2. The van der Waals surface area contributed by atoms with Crippen LogP contribution in [0.25, 0.3) is 0 Å². The quantitative estimate of drug-likeness (QED) is 0.776. The lowest BCUT2D eigenvalue weighted by Gasteiger charge is -2.29. The molecule has 1 aliphatic heterocycles. The van der Waals surface area contributed by atoms with Crippen LogP contribution in [0, 0.1) is 0 Å². The lowest BCUT2D eigenvalue weighted by Crippen LogP contribution is -2.51. The van der Waals surface area contributed by atoms with E-state index < -0.39 is 0 Å². The van der Waals surface area contributed by atoms with E-state index in [9.17, 15) is 4.79 Å². The summed E-state index contributed by atoms with van der Waals surface area (Å²) in [4.78, 5) is 11.6. The van der Waals surface area contributed by atoms with Gasteiger partial charge in [0.2, 0.25) is 0 Å². The first-order chi connectivity index (χ1) is 8.25. The van der Waals surface area contributed by atoms with Crippen molar-refractivity contribution in [2.24, 2.45) is 0 Å². The van der Waals surface area contributed by atoms with E-state index in [1.807, 2.05) is 6.92 Å². The molecule has 5 nitrogen and oxygen atoms in total. The molecular weight excluding hydrogens is 220 g/mol. The van der Waals surface area contributed by atoms with Gasteiger partial charge in [-0.2, -0.15) is 0 Å². The van der Waals surface area contributed by atoms with Gasteiger partial charge in [0.25, 0.3) is 0 Å². The zero-order chi connectivity index (χ0) is 12.1. The summed E-state index contributed by atoms with van der Waals surface area (Å²) >= 11 is 0. The standard InChI is InChI=1S/C12H22N2O3/c1-9(11-8-13-6-7-16-11)14-12(15)17-10-4-2-3-5-10/h9-11,13H,2-8H2,1H3,(H,14,15). The van der Waals surface area contributed by atoms with Crippen LogP contribution in [-0.4, -0.2) is 44.0 Å². The highest BCUT2D eigenvalue weighted by Crippen LogP contribution is 2.20. The van der Waals surface area contributed by atoms with Crippen molar-refractivity contribution in [3.05, 3.63) is 0 Å². The first kappa shape index (κ1) is 12.6. The molecule has 1 saturated heterocycles. The minimum Gasteiger partial charge on any atom is -0.446 e. The van der Waals surface area contributed by atoms with Crippen LogP contribution in [0.2, 0.25) is 0 Å². The number of hydrogen-bond donors (Lipinski definition) is 2. The Kier molecular flexibility index (Phi) is 4.62. The summed E-state index contributed by atoms with van der Waals surface area (Å²) in [5, 5.41) is 6.10. The molecule has 0 aromatic carbocycles. The Bertz CT molecular complexity index is 248. The van der Waals surface area contributed by atoms with Gasteiger partial charge in [-0.1, -0.05) is 0 Å². The number of rotatable bonds is 3. The number of morpholine rings is 1. The van der Waals surface area contributed by atoms with Gasteiger partial charge in [0.1, 0.15) is 6.10 Å². The summed E-state index contributed by atoms with van der Waals surface area (Å²) in [5.41, 5.74) is 0. The number of carbonyl (C=O) groups excluding carboxylic acids is 1. The van der Waals surface area contributed by atoms with Crippen LogP contribution >= 0.6 is 0 Å². The van der Waals surface area contributed by atoms with Gasteiger partial charge in [-0.15, -0.1) is 0 Å². The van der Waals surface area contributed by atoms with Gasteiger partial charge >= 0.3 is 6.09 Å². The fourth-order valence-electron chi connectivity index (χ4n) is 2.38. The van der Waals surface area contributed by atoms with Gasteiger partial charge in [-0.25, -0.2) is 4.79 Å². The van der Waals surface area contributed by atoms with Crippen LogP contribution < -0.4 is 10.6 Å². The summed E-state index contributed by atoms with van der Waals surface area (Å²) in [5.74, 6) is 0. The molecule has 2 atom stereocenters. The van der Waals surface area contributed by atoms with Crippen LogP contribution in [0.1, 0.15) is 32.6 Å². The number of hydrogen-bond acceptors (Lipinski definition) is 4. The van der Waals surface area contributed by atoms with Gasteiger partial charge in [-0.05, 0) is 32.6 Å². The van der Waals surface area contributed by atoms with E-state index in [-0.39, 0.29) is 24.3 Å². The smallest absolute Gasteiger partial charge is 0.407 e. The summed E-state index contributed by atoms with van der Waals surface area (Å²) in [6, 6.07) is -0.0169. The first-order valence-corrected chi connectivity index (χ1v) is 6.55. The fourth-order valence-corrected chi connectivity index (χ4v) is 2.38. The molecule has 0 bridgehead atoms. The highest BCUT2D eigenvalue weighted by molar-refractivity contribution is 5.67. The van der Waals surface area contributed by atoms with E-state index in [1.54, 1.807) is 0 Å². The van der Waals surface area contributed by atoms with Gasteiger partial charge in [-0.3, -0.25) is 0 Å². The van der Waals surface area contributed by atoms with Gasteiger partial charge in [0.05, 0.1) is 18.8 Å². The maximum atomic E-state index is 11.6. The Labute approximate surface area is 102 Å². The molecule has 1 saturated carbocycles. The Hall–Kier alpha value is -0.810. The average Bonchev–Trinajstić information content (AvgIpc) is 2.82. The molecule has 2 rings (SSSR count). The second-order valence-electron chi connectivity index (χ2n) is 4.86. The number of alkyl carbamates (subject to hydrolysis) is 1. The number of carbonyl (C=O) groups is 1. The maximum absolute atomic E-state index is 11.6. The third kappa shape index (κ3) is 3.85. The molecule has 0 aromatic heterocycles. The average molecular weight is 242 g/mol. The first-order valence-electron chi connectivity index (χ1n) is 6.55. The third-order valence-corrected chi connectivity index (χ3v) is 3.44. The molecule has 2 fully saturated rings. The molecule has 1 amide bonds. The largest absolute Gasteiger partial charge is 0.446 e. The molecule has 1 heterocycles. The normalized spacial score (nSPS) is 27.7. The summed E-state index contributed by atoms with van der Waals surface area (Å²) in [6.07, 6.45) is 4.20. The van der Waals surface area contributed by atoms with Crippen LogP contribution in [0.4, 0.5) is 4.79 Å². The Balaban J connectivity index is 1.69. The van der Waals surface area contributed by atoms with E-state index >= 15 is 0 Å². The molecule has 2 aliphatic rings. The highest BCUT2D eigenvalue weighted by Gasteiger charge is 2.24. The predicted octanol–water partition coefficient (Wildman–Crippen LogP) is 1.03. The molecule has 0 aromatic rings. The predicted molar refractivity (Wildman–Crippen MR) is 63.9 cm³/mol. The SMILES string of the molecule is CC(NC(=O)OC1CCCC1)C1CNCCO1. The van der Waals surface area contributed by atoms with Crippen molar-refractivity contribution in [3.8, 4) is 0 Å². The Morgan fingerprint density at radius 2 is 2.24 bits per heavy atom. The molecule has 0 spiro atoms. The third-order valence-electron chi connectivity index (χ3n) is 3.44. The molecule has 0 radical (unpaired) electrons. The van der Waals surface area contributed by atoms with Crippen molar-refractivity contribution in [3.63, 3.8) is 0 Å². The maximum Gasteiger partial charge on any atom is 0.407 e. The van der Waals surface area contributed by atoms with Crippen LogP contribution in [0.15, 0.2) is 0 Å². The molecule has 2 unspecified atom stereocenters. The van der Waals surface area contributed by atoms with Crippen molar-refractivity contribution in [2.45, 2.75) is 50.9 Å². The van der Waals surface area contributed by atoms with Crippen molar-refractivity contribution in [1.82, 2.24) is 10.6 Å². The molecule has 2 N–H and O–H groups in total. The number of nitrogens with one attached hydrogen (secondary N) is 2. The van der Waals surface area contributed by atoms with Crippen LogP contribution in [0.3, 0.4) is 0 Å². The van der Waals surface area contributed by atoms with E-state index in [0.717, 1.165) is 25.9 Å². The van der Waals surface area contributed by atoms with E-state index in [1.165, 1.54) is 12.8 Å². The van der Waals surface area contributed by atoms with Gasteiger partial charge < -0.3 is 20.1 Å². The minimum absolute atomic E-state index is 0.0169. The highest BCUT2D eigenvalue weighted by atomic mass is 16.6. The molecule has 17 heavy (non-hydrogen) atoms. The lowest BCUT2D eigenvalue weighted by atomic mass is 10.1. The van der Waals surface area contributed by atoms with Crippen LogP contribution in [0.5, 0.6) is 0 Å². The van der Waals surface area contributed by atoms with Crippen molar-refractivity contribution >= 4 is 6.09 Å². The van der Waals surface area contributed by atoms with E-state index in [0.29, 0.717) is 6.61 Å².